The van der Waals surface area contributed by atoms with Crippen LogP contribution in [0.3, 0.4) is 0 Å². The molecular formula is C19H25NO3. The van der Waals surface area contributed by atoms with Gasteiger partial charge in [0.1, 0.15) is 17.2 Å². The second kappa shape index (κ2) is 7.88. The van der Waals surface area contributed by atoms with E-state index in [4.69, 9.17) is 19.9 Å². The topological polar surface area (TPSA) is 53.7 Å². The van der Waals surface area contributed by atoms with Crippen molar-refractivity contribution in [1.29, 1.82) is 0 Å². The van der Waals surface area contributed by atoms with E-state index in [1.54, 1.807) is 21.3 Å². The van der Waals surface area contributed by atoms with Gasteiger partial charge in [0.15, 0.2) is 0 Å². The molecule has 124 valence electrons. The first-order valence-corrected chi connectivity index (χ1v) is 7.68. The average Bonchev–Trinajstić information content (AvgIpc) is 2.59. The Morgan fingerprint density at radius 3 is 2.22 bits per heavy atom. The van der Waals surface area contributed by atoms with Crippen LogP contribution in [-0.4, -0.2) is 27.9 Å². The minimum absolute atomic E-state index is 0.144. The second-order valence-electron chi connectivity index (χ2n) is 5.56. The molecule has 0 aliphatic rings. The number of aryl methyl sites for hydroxylation is 1. The molecule has 2 aromatic carbocycles. The molecule has 4 heteroatoms. The highest BCUT2D eigenvalue weighted by molar-refractivity contribution is 5.44. The first kappa shape index (κ1) is 17.2. The van der Waals surface area contributed by atoms with Crippen LogP contribution < -0.4 is 19.9 Å². The molecular weight excluding hydrogens is 290 g/mol. The first-order valence-electron chi connectivity index (χ1n) is 7.68. The van der Waals surface area contributed by atoms with E-state index in [1.165, 1.54) is 5.56 Å². The van der Waals surface area contributed by atoms with Crippen molar-refractivity contribution < 1.29 is 14.2 Å². The van der Waals surface area contributed by atoms with E-state index in [-0.39, 0.29) is 5.92 Å². The zero-order valence-electron chi connectivity index (χ0n) is 14.3. The Labute approximate surface area is 138 Å². The molecule has 2 rings (SSSR count). The number of hydrogen-bond donors (Lipinski definition) is 1. The largest absolute Gasteiger partial charge is 0.497 e. The van der Waals surface area contributed by atoms with E-state index in [0.29, 0.717) is 6.54 Å². The SMILES string of the molecule is COc1ccc(OC)c(CC(CN)c2cc(C)ccc2OC)c1. The van der Waals surface area contributed by atoms with Crippen LogP contribution >= 0.6 is 0 Å². The Morgan fingerprint density at radius 2 is 1.61 bits per heavy atom. The summed E-state index contributed by atoms with van der Waals surface area (Å²) in [6.45, 7) is 2.60. The highest BCUT2D eigenvalue weighted by atomic mass is 16.5. The van der Waals surface area contributed by atoms with Crippen molar-refractivity contribution in [3.05, 3.63) is 53.1 Å². The standard InChI is InChI=1S/C19H25NO3/c1-13-5-7-19(23-4)17(9-13)15(12-20)10-14-11-16(21-2)6-8-18(14)22-3/h5-9,11,15H,10,12,20H2,1-4H3. The Hall–Kier alpha value is -2.20. The fraction of sp³-hybridized carbons (Fsp3) is 0.368. The molecule has 2 aromatic rings. The fourth-order valence-electron chi connectivity index (χ4n) is 2.80. The van der Waals surface area contributed by atoms with Crippen LogP contribution in [0.2, 0.25) is 0 Å². The van der Waals surface area contributed by atoms with Crippen molar-refractivity contribution >= 4 is 0 Å². The summed E-state index contributed by atoms with van der Waals surface area (Å²) in [6, 6.07) is 12.0. The summed E-state index contributed by atoms with van der Waals surface area (Å²) in [7, 11) is 5.03. The molecule has 0 aliphatic carbocycles. The highest BCUT2D eigenvalue weighted by Gasteiger charge is 2.18. The van der Waals surface area contributed by atoms with Gasteiger partial charge in [-0.05, 0) is 55.3 Å². The summed E-state index contributed by atoms with van der Waals surface area (Å²) in [5.41, 5.74) is 9.45. The minimum atomic E-state index is 0.144. The molecule has 0 saturated heterocycles. The van der Waals surface area contributed by atoms with Gasteiger partial charge in [-0.3, -0.25) is 0 Å². The van der Waals surface area contributed by atoms with Crippen molar-refractivity contribution in [3.63, 3.8) is 0 Å². The van der Waals surface area contributed by atoms with Crippen molar-refractivity contribution in [1.82, 2.24) is 0 Å². The van der Waals surface area contributed by atoms with Gasteiger partial charge in [-0.2, -0.15) is 0 Å². The van der Waals surface area contributed by atoms with Crippen LogP contribution in [0.15, 0.2) is 36.4 Å². The molecule has 1 atom stereocenters. The van der Waals surface area contributed by atoms with Crippen LogP contribution in [0.5, 0.6) is 17.2 Å². The Morgan fingerprint density at radius 1 is 0.913 bits per heavy atom. The summed E-state index contributed by atoms with van der Waals surface area (Å²) in [4.78, 5) is 0. The highest BCUT2D eigenvalue weighted by Crippen LogP contribution is 2.33. The molecule has 1 unspecified atom stereocenters. The van der Waals surface area contributed by atoms with Gasteiger partial charge in [0.25, 0.3) is 0 Å². The molecule has 0 bridgehead atoms. The molecule has 0 saturated carbocycles. The summed E-state index contributed by atoms with van der Waals surface area (Å²) < 4.78 is 16.3. The maximum absolute atomic E-state index is 6.06. The van der Waals surface area contributed by atoms with Crippen LogP contribution in [0, 0.1) is 6.92 Å². The third-order valence-corrected chi connectivity index (χ3v) is 4.06. The molecule has 0 aromatic heterocycles. The molecule has 0 fully saturated rings. The Balaban J connectivity index is 2.38. The van der Waals surface area contributed by atoms with E-state index in [1.807, 2.05) is 30.3 Å². The third-order valence-electron chi connectivity index (χ3n) is 4.06. The van der Waals surface area contributed by atoms with Crippen molar-refractivity contribution in [2.75, 3.05) is 27.9 Å². The van der Waals surface area contributed by atoms with E-state index in [0.717, 1.165) is 34.8 Å². The van der Waals surface area contributed by atoms with Crippen LogP contribution in [0.1, 0.15) is 22.6 Å². The maximum Gasteiger partial charge on any atom is 0.122 e. The number of ether oxygens (including phenoxy) is 3. The van der Waals surface area contributed by atoms with Crippen LogP contribution in [0.4, 0.5) is 0 Å². The number of rotatable bonds is 7. The molecule has 0 spiro atoms. The molecule has 0 heterocycles. The van der Waals surface area contributed by atoms with Crippen molar-refractivity contribution in [2.24, 2.45) is 5.73 Å². The van der Waals surface area contributed by atoms with Gasteiger partial charge in [0.05, 0.1) is 21.3 Å². The van der Waals surface area contributed by atoms with Gasteiger partial charge >= 0.3 is 0 Å². The maximum atomic E-state index is 6.06. The molecule has 0 amide bonds. The smallest absolute Gasteiger partial charge is 0.122 e. The summed E-state index contributed by atoms with van der Waals surface area (Å²) in [5, 5.41) is 0. The number of hydrogen-bond acceptors (Lipinski definition) is 4. The average molecular weight is 315 g/mol. The van der Waals surface area contributed by atoms with E-state index < -0.39 is 0 Å². The van der Waals surface area contributed by atoms with Gasteiger partial charge in [-0.1, -0.05) is 17.7 Å². The molecule has 2 N–H and O–H groups in total. The molecule has 4 nitrogen and oxygen atoms in total. The van der Waals surface area contributed by atoms with E-state index in [2.05, 4.69) is 13.0 Å². The molecule has 23 heavy (non-hydrogen) atoms. The Bertz CT molecular complexity index is 655. The number of methoxy groups -OCH3 is 3. The normalized spacial score (nSPS) is 11.9. The van der Waals surface area contributed by atoms with Gasteiger partial charge in [-0.15, -0.1) is 0 Å². The summed E-state index contributed by atoms with van der Waals surface area (Å²) in [6.07, 6.45) is 0.761. The molecule has 0 radical (unpaired) electrons. The lowest BCUT2D eigenvalue weighted by molar-refractivity contribution is 0.394. The summed E-state index contributed by atoms with van der Waals surface area (Å²) in [5.74, 6) is 2.67. The number of nitrogens with two attached hydrogens (primary N) is 1. The van der Waals surface area contributed by atoms with Gasteiger partial charge < -0.3 is 19.9 Å². The second-order valence-corrected chi connectivity index (χ2v) is 5.56. The molecule has 0 aliphatic heterocycles. The minimum Gasteiger partial charge on any atom is -0.497 e. The van der Waals surface area contributed by atoms with Gasteiger partial charge in [0.2, 0.25) is 0 Å². The zero-order chi connectivity index (χ0) is 16.8. The lowest BCUT2D eigenvalue weighted by atomic mass is 9.90. The van der Waals surface area contributed by atoms with Crippen molar-refractivity contribution in [2.45, 2.75) is 19.3 Å². The van der Waals surface area contributed by atoms with Crippen LogP contribution in [0.25, 0.3) is 0 Å². The van der Waals surface area contributed by atoms with Gasteiger partial charge in [0, 0.05) is 5.92 Å². The number of benzene rings is 2. The van der Waals surface area contributed by atoms with Crippen molar-refractivity contribution in [3.8, 4) is 17.2 Å². The van der Waals surface area contributed by atoms with Gasteiger partial charge in [-0.25, -0.2) is 0 Å². The van der Waals surface area contributed by atoms with Crippen LogP contribution in [-0.2, 0) is 6.42 Å². The summed E-state index contributed by atoms with van der Waals surface area (Å²) >= 11 is 0. The lowest BCUT2D eigenvalue weighted by Gasteiger charge is -2.20. The predicted octanol–water partition coefficient (Wildman–Crippen LogP) is 3.31. The zero-order valence-corrected chi connectivity index (χ0v) is 14.3. The quantitative estimate of drug-likeness (QED) is 0.852. The lowest BCUT2D eigenvalue weighted by Crippen LogP contribution is -2.16. The fourth-order valence-corrected chi connectivity index (χ4v) is 2.80. The predicted molar refractivity (Wildman–Crippen MR) is 92.8 cm³/mol. The first-order chi connectivity index (χ1) is 11.1. The Kier molecular flexibility index (Phi) is 5.88. The third kappa shape index (κ3) is 3.96. The van der Waals surface area contributed by atoms with E-state index >= 15 is 0 Å². The monoisotopic (exact) mass is 315 g/mol. The van der Waals surface area contributed by atoms with E-state index in [9.17, 15) is 0 Å².